The Labute approximate surface area is 101 Å². The monoisotopic (exact) mass is 232 g/mol. The maximum atomic E-state index is 10.3. The molecule has 13 heavy (non-hydrogen) atoms. The number of nitrogens with zero attached hydrogens (tertiary/aromatic N) is 2. The Kier molecular flexibility index (Phi) is 4.94. The van der Waals surface area contributed by atoms with Gasteiger partial charge < -0.3 is 9.66 Å². The Balaban J connectivity index is 0.00000144. The van der Waals surface area contributed by atoms with Crippen molar-refractivity contribution in [3.05, 3.63) is 10.6 Å². The van der Waals surface area contributed by atoms with E-state index in [0.29, 0.717) is 11.5 Å². The van der Waals surface area contributed by atoms with Gasteiger partial charge in [0.2, 0.25) is 0 Å². The molecule has 0 aliphatic carbocycles. The van der Waals surface area contributed by atoms with Crippen LogP contribution in [-0.4, -0.2) is 27.7 Å². The van der Waals surface area contributed by atoms with Crippen molar-refractivity contribution in [3.63, 3.8) is 0 Å². The van der Waals surface area contributed by atoms with Crippen molar-refractivity contribution in [3.8, 4) is 0 Å². The van der Waals surface area contributed by atoms with Crippen molar-refractivity contribution >= 4 is 21.7 Å². The van der Waals surface area contributed by atoms with Crippen LogP contribution in [0, 0.1) is 6.92 Å². The summed E-state index contributed by atoms with van der Waals surface area (Å²) in [5.41, 5.74) is -1.79. The van der Waals surface area contributed by atoms with Crippen LogP contribution in [0.4, 0.5) is 0 Å². The van der Waals surface area contributed by atoms with Gasteiger partial charge in [0.25, 0.3) is 0 Å². The molecule has 68 valence electrons. The van der Waals surface area contributed by atoms with Crippen LogP contribution in [0.3, 0.4) is 0 Å². The molecule has 0 bridgehead atoms. The quantitative estimate of drug-likeness (QED) is 0.417. The van der Waals surface area contributed by atoms with Crippen molar-refractivity contribution in [2.24, 2.45) is 0 Å². The molecule has 1 heterocycles. The second kappa shape index (κ2) is 4.78. The predicted octanol–water partition coefficient (Wildman–Crippen LogP) is -3.61. The van der Waals surface area contributed by atoms with Crippen LogP contribution in [0.25, 0.3) is 0 Å². The molecule has 6 nitrogen and oxygen atoms in total. The smallest absolute Gasteiger partial charge is 0.746 e. The number of aromatic nitrogens is 2. The molecule has 0 aromatic carbocycles. The molecule has 1 aromatic heterocycles. The van der Waals surface area contributed by atoms with Gasteiger partial charge in [0.05, 0.1) is 10.6 Å². The van der Waals surface area contributed by atoms with E-state index in [1.807, 2.05) is 0 Å². The molecule has 0 fully saturated rings. The van der Waals surface area contributed by atoms with Gasteiger partial charge in [0.15, 0.2) is 5.44 Å². The van der Waals surface area contributed by atoms with Crippen LogP contribution in [0.15, 0.2) is 0 Å². The standard InChI is InChI=1S/C4H6N2O4S2.Na/c1-2-3(11-6-5-2)4(7)12(8,9)10;/h4,7H,1H3,(H,8,9,10);/q;+1/p-1. The third kappa shape index (κ3) is 3.24. The Morgan fingerprint density at radius 2 is 2.15 bits per heavy atom. The van der Waals surface area contributed by atoms with Crippen LogP contribution in [0.2, 0.25) is 0 Å². The number of aliphatic hydroxyl groups is 1. The Hall–Kier alpha value is 0.430. The maximum Gasteiger partial charge on any atom is 1.00 e. The summed E-state index contributed by atoms with van der Waals surface area (Å²) in [6.07, 6.45) is 0. The van der Waals surface area contributed by atoms with Crippen molar-refractivity contribution in [2.45, 2.75) is 12.4 Å². The Morgan fingerprint density at radius 3 is 2.46 bits per heavy atom. The van der Waals surface area contributed by atoms with E-state index in [0.717, 1.165) is 0 Å². The van der Waals surface area contributed by atoms with Gasteiger partial charge in [0.1, 0.15) is 10.1 Å². The van der Waals surface area contributed by atoms with E-state index in [4.69, 9.17) is 5.11 Å². The first kappa shape index (κ1) is 13.4. The zero-order valence-corrected chi connectivity index (χ0v) is 10.6. The minimum Gasteiger partial charge on any atom is -0.746 e. The Morgan fingerprint density at radius 1 is 1.62 bits per heavy atom. The average Bonchev–Trinajstić information content (AvgIpc) is 2.31. The van der Waals surface area contributed by atoms with E-state index >= 15 is 0 Å². The summed E-state index contributed by atoms with van der Waals surface area (Å²) >= 11 is 0.694. The van der Waals surface area contributed by atoms with Gasteiger partial charge in [-0.3, -0.25) is 0 Å². The fraction of sp³-hybridized carbons (Fsp3) is 0.500. The molecule has 1 atom stereocenters. The number of rotatable bonds is 2. The van der Waals surface area contributed by atoms with E-state index < -0.39 is 15.6 Å². The molecule has 0 spiro atoms. The third-order valence-corrected chi connectivity index (χ3v) is 2.99. The number of hydrogen-bond donors (Lipinski definition) is 1. The zero-order valence-electron chi connectivity index (χ0n) is 6.96. The van der Waals surface area contributed by atoms with E-state index in [2.05, 4.69) is 9.59 Å². The molecule has 0 aliphatic rings. The minimum atomic E-state index is -4.71. The number of aliphatic hydroxyl groups excluding tert-OH is 1. The Bertz CT molecular complexity index is 375. The first-order chi connectivity index (χ1) is 5.43. The zero-order chi connectivity index (χ0) is 9.35. The molecule has 0 saturated heterocycles. The molecular weight excluding hydrogens is 227 g/mol. The summed E-state index contributed by atoms with van der Waals surface area (Å²) in [5.74, 6) is 0. The predicted molar refractivity (Wildman–Crippen MR) is 39.3 cm³/mol. The molecule has 0 saturated carbocycles. The normalized spacial score (nSPS) is 13.5. The van der Waals surface area contributed by atoms with E-state index in [-0.39, 0.29) is 40.1 Å². The molecule has 1 aromatic rings. The minimum absolute atomic E-state index is 0. The second-order valence-electron chi connectivity index (χ2n) is 2.07. The van der Waals surface area contributed by atoms with E-state index in [1.54, 1.807) is 0 Å². The number of aryl methyl sites for hydroxylation is 1. The molecule has 1 rings (SSSR count). The fourth-order valence-corrected chi connectivity index (χ4v) is 2.03. The first-order valence-electron chi connectivity index (χ1n) is 2.84. The van der Waals surface area contributed by atoms with Crippen LogP contribution >= 0.6 is 11.5 Å². The van der Waals surface area contributed by atoms with Gasteiger partial charge in [-0.05, 0) is 18.5 Å². The van der Waals surface area contributed by atoms with Gasteiger partial charge in [-0.2, -0.15) is 0 Å². The second-order valence-corrected chi connectivity index (χ2v) is 4.29. The molecular formula is C4H5N2NaO4S2. The molecule has 9 heteroatoms. The summed E-state index contributed by atoms with van der Waals surface area (Å²) in [6.45, 7) is 1.47. The maximum absolute atomic E-state index is 10.3. The molecule has 0 radical (unpaired) electrons. The van der Waals surface area contributed by atoms with Gasteiger partial charge in [-0.25, -0.2) is 8.42 Å². The first-order valence-corrected chi connectivity index (χ1v) is 5.09. The molecule has 0 aliphatic heterocycles. The molecule has 1 unspecified atom stereocenters. The van der Waals surface area contributed by atoms with E-state index in [1.165, 1.54) is 6.92 Å². The van der Waals surface area contributed by atoms with Gasteiger partial charge in [-0.15, -0.1) is 5.10 Å². The average molecular weight is 232 g/mol. The van der Waals surface area contributed by atoms with Crippen molar-refractivity contribution in [1.29, 1.82) is 0 Å². The largest absolute Gasteiger partial charge is 1.00 e. The SMILES string of the molecule is Cc1nnsc1C(O)S(=O)(=O)[O-].[Na+]. The summed E-state index contributed by atoms with van der Waals surface area (Å²) in [6, 6.07) is 0. The van der Waals surface area contributed by atoms with Crippen molar-refractivity contribution < 1.29 is 47.6 Å². The van der Waals surface area contributed by atoms with Crippen LogP contribution in [-0.2, 0) is 10.1 Å². The third-order valence-electron chi connectivity index (χ3n) is 1.18. The summed E-state index contributed by atoms with van der Waals surface area (Å²) < 4.78 is 34.4. The van der Waals surface area contributed by atoms with Gasteiger partial charge >= 0.3 is 29.6 Å². The van der Waals surface area contributed by atoms with Gasteiger partial charge in [0, 0.05) is 0 Å². The van der Waals surface area contributed by atoms with Crippen molar-refractivity contribution in [2.75, 3.05) is 0 Å². The summed E-state index contributed by atoms with van der Waals surface area (Å²) in [4.78, 5) is -0.0231. The summed E-state index contributed by atoms with van der Waals surface area (Å²) in [5, 5.41) is 12.4. The van der Waals surface area contributed by atoms with Crippen molar-refractivity contribution in [1.82, 2.24) is 9.59 Å². The van der Waals surface area contributed by atoms with Crippen LogP contribution < -0.4 is 29.6 Å². The molecule has 1 N–H and O–H groups in total. The van der Waals surface area contributed by atoms with Gasteiger partial charge in [-0.1, -0.05) is 4.49 Å². The fourth-order valence-electron chi connectivity index (χ4n) is 0.596. The number of hydrogen-bond acceptors (Lipinski definition) is 7. The van der Waals surface area contributed by atoms with Crippen LogP contribution in [0.1, 0.15) is 16.0 Å². The molecule has 0 amide bonds. The topological polar surface area (TPSA) is 103 Å². The van der Waals surface area contributed by atoms with E-state index in [9.17, 15) is 13.0 Å². The summed E-state index contributed by atoms with van der Waals surface area (Å²) in [7, 11) is -4.71. The van der Waals surface area contributed by atoms with Crippen LogP contribution in [0.5, 0.6) is 0 Å².